The molecule has 4 N–H and O–H groups in total. The smallest absolute Gasteiger partial charge is 0.273 e. The molecule has 0 spiro atoms. The fourth-order valence-electron chi connectivity index (χ4n) is 2.37. The van der Waals surface area contributed by atoms with Crippen molar-refractivity contribution >= 4 is 23.6 Å². The van der Waals surface area contributed by atoms with Crippen LogP contribution in [-0.2, 0) is 21.9 Å². The molecule has 0 saturated heterocycles. The van der Waals surface area contributed by atoms with Gasteiger partial charge in [0.05, 0.1) is 11.1 Å². The maximum Gasteiger partial charge on any atom is 0.416 e. The lowest BCUT2D eigenvalue weighted by Gasteiger charge is -2.10. The Balaban J connectivity index is 1.72. The summed E-state index contributed by atoms with van der Waals surface area (Å²) in [4.78, 5) is 47.1. The van der Waals surface area contributed by atoms with Crippen LogP contribution in [0.15, 0.2) is 48.5 Å². The third-order valence-corrected chi connectivity index (χ3v) is 4.16. The van der Waals surface area contributed by atoms with E-state index in [1.165, 1.54) is 0 Å². The first-order valence-electron chi connectivity index (χ1n) is 9.30. The first-order chi connectivity index (χ1) is 15.8. The summed E-state index contributed by atoms with van der Waals surface area (Å²) in [6, 6.07) is 6.43. The molecule has 4 amide bonds. The number of benzene rings is 2. The molecule has 0 bridgehead atoms. The Morgan fingerprint density at radius 1 is 0.529 bits per heavy atom. The third kappa shape index (κ3) is 7.79. The van der Waals surface area contributed by atoms with Crippen molar-refractivity contribution in [3.8, 4) is 0 Å². The Kier molecular flexibility index (Phi) is 8.21. The monoisotopic (exact) mass is 490 g/mol. The number of nitrogens with one attached hydrogen (secondary N) is 4. The van der Waals surface area contributed by atoms with E-state index in [2.05, 4.69) is 0 Å². The summed E-state index contributed by atoms with van der Waals surface area (Å²) in [5.41, 5.74) is 5.65. The van der Waals surface area contributed by atoms with Gasteiger partial charge in [0.2, 0.25) is 11.8 Å². The second kappa shape index (κ2) is 10.7. The van der Waals surface area contributed by atoms with E-state index < -0.39 is 59.9 Å². The highest BCUT2D eigenvalue weighted by Gasteiger charge is 2.31. The molecule has 0 aliphatic carbocycles. The fourth-order valence-corrected chi connectivity index (χ4v) is 2.37. The summed E-state index contributed by atoms with van der Waals surface area (Å²) in [6.45, 7) is 0. The zero-order valence-electron chi connectivity index (χ0n) is 16.9. The van der Waals surface area contributed by atoms with Crippen LogP contribution in [0.3, 0.4) is 0 Å². The van der Waals surface area contributed by atoms with Crippen molar-refractivity contribution in [3.63, 3.8) is 0 Å². The molecule has 0 radical (unpaired) electrons. The van der Waals surface area contributed by atoms with Gasteiger partial charge in [-0.2, -0.15) is 26.3 Å². The number of halogens is 6. The van der Waals surface area contributed by atoms with E-state index in [1.54, 1.807) is 0 Å². The number of hydrogen-bond acceptors (Lipinski definition) is 4. The fraction of sp³-hybridized carbons (Fsp3) is 0.200. The van der Waals surface area contributed by atoms with E-state index in [0.29, 0.717) is 24.3 Å². The van der Waals surface area contributed by atoms with Gasteiger partial charge in [0.1, 0.15) is 0 Å². The van der Waals surface area contributed by atoms with Crippen molar-refractivity contribution in [3.05, 3.63) is 70.8 Å². The van der Waals surface area contributed by atoms with Crippen LogP contribution in [0.25, 0.3) is 0 Å². The summed E-state index contributed by atoms with van der Waals surface area (Å²) < 4.78 is 75.1. The van der Waals surface area contributed by atoms with Crippen molar-refractivity contribution in [2.24, 2.45) is 0 Å². The normalized spacial score (nSPS) is 11.4. The minimum Gasteiger partial charge on any atom is -0.273 e. The number of alkyl halides is 6. The predicted molar refractivity (Wildman–Crippen MR) is 103 cm³/mol. The lowest BCUT2D eigenvalue weighted by atomic mass is 10.1. The molecule has 0 heterocycles. The van der Waals surface area contributed by atoms with E-state index >= 15 is 0 Å². The number of hydrazine groups is 2. The molecule has 34 heavy (non-hydrogen) atoms. The van der Waals surface area contributed by atoms with E-state index in [9.17, 15) is 45.5 Å². The SMILES string of the molecule is O=C(CCC(=O)NNC(=O)c1ccc(C(F)(F)F)cc1)NNC(=O)c1ccc(C(F)(F)F)cc1. The number of carbonyl (C=O) groups is 4. The van der Waals surface area contributed by atoms with Crippen LogP contribution < -0.4 is 21.7 Å². The molecule has 0 fully saturated rings. The highest BCUT2D eigenvalue weighted by atomic mass is 19.4. The third-order valence-electron chi connectivity index (χ3n) is 4.16. The Labute approximate surface area is 187 Å². The zero-order chi connectivity index (χ0) is 25.5. The summed E-state index contributed by atoms with van der Waals surface area (Å²) in [7, 11) is 0. The Morgan fingerprint density at radius 3 is 1.09 bits per heavy atom. The molecule has 0 unspecified atom stereocenters. The Morgan fingerprint density at radius 2 is 0.824 bits per heavy atom. The van der Waals surface area contributed by atoms with Gasteiger partial charge in [0.15, 0.2) is 0 Å². The minimum atomic E-state index is -4.57. The zero-order valence-corrected chi connectivity index (χ0v) is 16.9. The van der Waals surface area contributed by atoms with E-state index in [1.807, 2.05) is 21.7 Å². The van der Waals surface area contributed by atoms with Gasteiger partial charge < -0.3 is 0 Å². The molecule has 0 atom stereocenters. The molecule has 2 aromatic carbocycles. The van der Waals surface area contributed by atoms with Gasteiger partial charge in [0.25, 0.3) is 11.8 Å². The lowest BCUT2D eigenvalue weighted by Crippen LogP contribution is -2.44. The summed E-state index contributed by atoms with van der Waals surface area (Å²) in [5, 5.41) is 0. The molecular formula is C20H16F6N4O4. The molecule has 14 heteroatoms. The molecule has 8 nitrogen and oxygen atoms in total. The van der Waals surface area contributed by atoms with Gasteiger partial charge in [-0.05, 0) is 48.5 Å². The molecule has 0 aromatic heterocycles. The van der Waals surface area contributed by atoms with Crippen LogP contribution in [0, 0.1) is 0 Å². The van der Waals surface area contributed by atoms with Crippen molar-refractivity contribution in [1.82, 2.24) is 21.7 Å². The van der Waals surface area contributed by atoms with Crippen LogP contribution in [0.4, 0.5) is 26.3 Å². The highest BCUT2D eigenvalue weighted by Crippen LogP contribution is 2.29. The van der Waals surface area contributed by atoms with Crippen LogP contribution in [-0.4, -0.2) is 23.6 Å². The average Bonchev–Trinajstić information content (AvgIpc) is 2.78. The van der Waals surface area contributed by atoms with Gasteiger partial charge in [0, 0.05) is 24.0 Å². The van der Waals surface area contributed by atoms with Crippen molar-refractivity contribution < 1.29 is 45.5 Å². The maximum absolute atomic E-state index is 12.5. The van der Waals surface area contributed by atoms with Gasteiger partial charge >= 0.3 is 12.4 Å². The minimum absolute atomic E-state index is 0.156. The summed E-state index contributed by atoms with van der Waals surface area (Å²) >= 11 is 0. The Hall–Kier alpha value is -4.10. The van der Waals surface area contributed by atoms with E-state index in [0.717, 1.165) is 24.3 Å². The topological polar surface area (TPSA) is 116 Å². The maximum atomic E-state index is 12.5. The van der Waals surface area contributed by atoms with Crippen LogP contribution >= 0.6 is 0 Å². The quantitative estimate of drug-likeness (QED) is 0.381. The van der Waals surface area contributed by atoms with E-state index in [-0.39, 0.29) is 11.1 Å². The molecule has 0 saturated carbocycles. The average molecular weight is 490 g/mol. The first-order valence-corrected chi connectivity index (χ1v) is 9.30. The van der Waals surface area contributed by atoms with E-state index in [4.69, 9.17) is 0 Å². The molecule has 2 rings (SSSR count). The molecule has 0 aliphatic heterocycles. The van der Waals surface area contributed by atoms with Crippen molar-refractivity contribution in [2.45, 2.75) is 25.2 Å². The molecule has 182 valence electrons. The largest absolute Gasteiger partial charge is 0.416 e. The molecule has 2 aromatic rings. The standard InChI is InChI=1S/C20H16F6N4O4/c21-19(22,23)13-5-1-11(2-6-13)17(33)29-27-15(31)9-10-16(32)28-30-18(34)12-3-7-14(8-4-12)20(24,25)26/h1-8H,9-10H2,(H,27,31)(H,28,32)(H,29,33)(H,30,34). The summed E-state index contributed by atoms with van der Waals surface area (Å²) in [5.74, 6) is -3.42. The Bertz CT molecular complexity index is 965. The van der Waals surface area contributed by atoms with Crippen molar-refractivity contribution in [1.29, 1.82) is 0 Å². The van der Waals surface area contributed by atoms with Gasteiger partial charge in [-0.25, -0.2) is 0 Å². The summed E-state index contributed by atoms with van der Waals surface area (Å²) in [6.07, 6.45) is -10.0. The van der Waals surface area contributed by atoms with Crippen LogP contribution in [0.1, 0.15) is 44.7 Å². The first kappa shape index (κ1) is 26.2. The number of rotatable bonds is 5. The van der Waals surface area contributed by atoms with Gasteiger partial charge in [-0.1, -0.05) is 0 Å². The highest BCUT2D eigenvalue weighted by molar-refractivity contribution is 5.96. The van der Waals surface area contributed by atoms with Crippen molar-refractivity contribution in [2.75, 3.05) is 0 Å². The van der Waals surface area contributed by atoms with Gasteiger partial charge in [-0.15, -0.1) is 0 Å². The predicted octanol–water partition coefficient (Wildman–Crippen LogP) is 2.73. The number of hydrogen-bond donors (Lipinski definition) is 4. The number of carbonyl (C=O) groups excluding carboxylic acids is 4. The van der Waals surface area contributed by atoms with Gasteiger partial charge in [-0.3, -0.25) is 40.9 Å². The number of amides is 4. The molecular weight excluding hydrogens is 474 g/mol. The lowest BCUT2D eigenvalue weighted by molar-refractivity contribution is -0.138. The second-order valence-corrected chi connectivity index (χ2v) is 6.65. The van der Waals surface area contributed by atoms with Crippen LogP contribution in [0.2, 0.25) is 0 Å². The second-order valence-electron chi connectivity index (χ2n) is 6.65. The van der Waals surface area contributed by atoms with Crippen LogP contribution in [0.5, 0.6) is 0 Å². The molecule has 0 aliphatic rings.